The van der Waals surface area contributed by atoms with Gasteiger partial charge in [-0.1, -0.05) is 12.1 Å². The van der Waals surface area contributed by atoms with Crippen molar-refractivity contribution in [3.8, 4) is 5.69 Å². The number of allylic oxidation sites excluding steroid dienone is 3. The van der Waals surface area contributed by atoms with E-state index in [0.717, 1.165) is 16.8 Å². The summed E-state index contributed by atoms with van der Waals surface area (Å²) in [6.45, 7) is 4.14. The summed E-state index contributed by atoms with van der Waals surface area (Å²) in [5, 5.41) is 12.3. The summed E-state index contributed by atoms with van der Waals surface area (Å²) >= 11 is 0. The van der Waals surface area contributed by atoms with Crippen LogP contribution in [0.1, 0.15) is 17.0 Å². The number of aromatic nitrogens is 1. The Kier molecular flexibility index (Phi) is 5.07. The maximum absolute atomic E-state index is 12.1. The second kappa shape index (κ2) is 7.45. The van der Waals surface area contributed by atoms with E-state index in [0.29, 0.717) is 0 Å². The quantitative estimate of drug-likeness (QED) is 0.498. The molecule has 6 nitrogen and oxygen atoms in total. The second-order valence-corrected chi connectivity index (χ2v) is 6.25. The van der Waals surface area contributed by atoms with Gasteiger partial charge in [-0.2, -0.15) is 5.10 Å². The summed E-state index contributed by atoms with van der Waals surface area (Å²) in [4.78, 5) is 12.1. The number of hydrazone groups is 1. The lowest BCUT2D eigenvalue weighted by Crippen LogP contribution is -2.26. The highest BCUT2D eigenvalue weighted by molar-refractivity contribution is 6.57. The summed E-state index contributed by atoms with van der Waals surface area (Å²) in [6.07, 6.45) is 3.41. The number of hydrogen-bond donors (Lipinski definition) is 2. The van der Waals surface area contributed by atoms with Crippen LogP contribution in [0.4, 0.5) is 0 Å². The van der Waals surface area contributed by atoms with E-state index in [1.807, 2.05) is 24.3 Å². The third-order valence-electron chi connectivity index (χ3n) is 4.47. The normalized spacial score (nSPS) is 15.4. The lowest BCUT2D eigenvalue weighted by atomic mass is 9.91. The molecule has 0 saturated heterocycles. The van der Waals surface area contributed by atoms with E-state index in [1.54, 1.807) is 19.2 Å². The molecule has 0 radical (unpaired) electrons. The Bertz CT molecular complexity index is 972. The smallest absolute Gasteiger partial charge is 0.340 e. The van der Waals surface area contributed by atoms with Crippen LogP contribution in [0.2, 0.25) is 0 Å². The zero-order valence-electron chi connectivity index (χ0n) is 15.8. The molecule has 27 heavy (non-hydrogen) atoms. The molecule has 0 unspecified atom stereocenters. The van der Waals surface area contributed by atoms with Crippen molar-refractivity contribution in [1.29, 1.82) is 5.41 Å². The number of nitrogens with zero attached hydrogens (tertiary/aromatic N) is 2. The summed E-state index contributed by atoms with van der Waals surface area (Å²) in [5.74, 6) is -0.519. The molecule has 2 N–H and O–H groups in total. The average molecular weight is 362 g/mol. The number of carbonyl (C=O) groups is 1. The maximum atomic E-state index is 12.1. The van der Waals surface area contributed by atoms with E-state index in [2.05, 4.69) is 41.1 Å². The first-order valence-electron chi connectivity index (χ1n) is 8.57. The highest BCUT2D eigenvalue weighted by Crippen LogP contribution is 2.25. The van der Waals surface area contributed by atoms with E-state index in [-0.39, 0.29) is 17.0 Å². The van der Waals surface area contributed by atoms with Crippen molar-refractivity contribution in [3.05, 3.63) is 71.1 Å². The monoisotopic (exact) mass is 362 g/mol. The third-order valence-corrected chi connectivity index (χ3v) is 4.47. The van der Waals surface area contributed by atoms with Crippen LogP contribution in [-0.4, -0.2) is 36.1 Å². The van der Waals surface area contributed by atoms with Crippen LogP contribution in [-0.2, 0) is 9.53 Å². The van der Waals surface area contributed by atoms with Gasteiger partial charge in [0.2, 0.25) is 0 Å². The number of carbonyl (C=O) groups excluding carboxylic acids is 1. The molecule has 0 atom stereocenters. The summed E-state index contributed by atoms with van der Waals surface area (Å²) in [7, 11) is 2.94. The van der Waals surface area contributed by atoms with Gasteiger partial charge in [-0.05, 0) is 61.4 Å². The minimum Gasteiger partial charge on any atom is -0.465 e. The van der Waals surface area contributed by atoms with Gasteiger partial charge in [0.1, 0.15) is 5.71 Å². The Morgan fingerprint density at radius 2 is 1.70 bits per heavy atom. The fourth-order valence-electron chi connectivity index (χ4n) is 3.18. The highest BCUT2D eigenvalue weighted by Gasteiger charge is 2.25. The SMILES string of the molecule is CN/N=C1\C(=N)C=C(c2ccc(-n3c(C)ccc3C)cc2)C=C1C(=O)OC. The number of nitrogens with one attached hydrogen (secondary N) is 2. The summed E-state index contributed by atoms with van der Waals surface area (Å²) in [6, 6.07) is 12.2. The zero-order chi connectivity index (χ0) is 19.6. The van der Waals surface area contributed by atoms with Gasteiger partial charge in [-0.25, -0.2) is 4.79 Å². The van der Waals surface area contributed by atoms with Gasteiger partial charge >= 0.3 is 5.97 Å². The molecule has 0 bridgehead atoms. The molecule has 3 rings (SSSR count). The van der Waals surface area contributed by atoms with Crippen LogP contribution >= 0.6 is 0 Å². The van der Waals surface area contributed by atoms with Gasteiger partial charge in [0.15, 0.2) is 0 Å². The standard InChI is InChI=1S/C21H22N4O2/c1-13-5-6-14(2)25(13)17-9-7-15(8-10-17)16-11-18(21(26)27-4)20(24-23-3)19(22)12-16/h5-12,22-23H,1-4H3/b22-19?,24-20-. The Labute approximate surface area is 158 Å². The lowest BCUT2D eigenvalue weighted by Gasteiger charge is -2.16. The molecule has 1 aromatic heterocycles. The minimum atomic E-state index is -0.519. The van der Waals surface area contributed by atoms with Crippen molar-refractivity contribution in [2.24, 2.45) is 5.10 Å². The first-order valence-corrected chi connectivity index (χ1v) is 8.57. The van der Waals surface area contributed by atoms with E-state index in [9.17, 15) is 4.79 Å². The first kappa shape index (κ1) is 18.4. The molecular formula is C21H22N4O2. The Morgan fingerprint density at radius 1 is 1.07 bits per heavy atom. The summed E-state index contributed by atoms with van der Waals surface area (Å²) < 4.78 is 7.03. The number of benzene rings is 1. The van der Waals surface area contributed by atoms with Crippen LogP contribution in [0.25, 0.3) is 11.3 Å². The molecule has 6 heteroatoms. The molecule has 0 spiro atoms. The largest absolute Gasteiger partial charge is 0.465 e. The maximum Gasteiger partial charge on any atom is 0.340 e. The van der Waals surface area contributed by atoms with E-state index < -0.39 is 5.97 Å². The van der Waals surface area contributed by atoms with E-state index in [4.69, 9.17) is 10.1 Å². The Hall–Kier alpha value is -3.41. The van der Waals surface area contributed by atoms with Gasteiger partial charge in [0.25, 0.3) is 0 Å². The molecule has 1 aromatic carbocycles. The number of ether oxygens (including phenoxy) is 1. The molecule has 1 aliphatic carbocycles. The molecule has 0 fully saturated rings. The fraction of sp³-hybridized carbons (Fsp3) is 0.190. The molecule has 0 amide bonds. The molecule has 138 valence electrons. The Morgan fingerprint density at radius 3 is 2.26 bits per heavy atom. The number of esters is 1. The number of aryl methyl sites for hydroxylation is 2. The fourth-order valence-corrected chi connectivity index (χ4v) is 3.18. The molecule has 0 aliphatic heterocycles. The van der Waals surface area contributed by atoms with Crippen LogP contribution in [0, 0.1) is 19.3 Å². The predicted octanol–water partition coefficient (Wildman–Crippen LogP) is 3.19. The van der Waals surface area contributed by atoms with Crippen molar-refractivity contribution in [2.75, 3.05) is 14.2 Å². The minimum absolute atomic E-state index is 0.156. The van der Waals surface area contributed by atoms with Crippen molar-refractivity contribution in [1.82, 2.24) is 9.99 Å². The molecular weight excluding hydrogens is 340 g/mol. The van der Waals surface area contributed by atoms with Gasteiger partial charge in [-0.3, -0.25) is 5.41 Å². The number of methoxy groups -OCH3 is 1. The van der Waals surface area contributed by atoms with Crippen molar-refractivity contribution in [2.45, 2.75) is 13.8 Å². The van der Waals surface area contributed by atoms with Crippen molar-refractivity contribution >= 4 is 23.0 Å². The van der Waals surface area contributed by atoms with Gasteiger partial charge in [-0.15, -0.1) is 0 Å². The second-order valence-electron chi connectivity index (χ2n) is 6.25. The predicted molar refractivity (Wildman–Crippen MR) is 108 cm³/mol. The van der Waals surface area contributed by atoms with Gasteiger partial charge in [0.05, 0.1) is 18.4 Å². The van der Waals surface area contributed by atoms with Crippen molar-refractivity contribution < 1.29 is 9.53 Å². The van der Waals surface area contributed by atoms with Gasteiger partial charge < -0.3 is 14.7 Å². The van der Waals surface area contributed by atoms with Crippen LogP contribution in [0.5, 0.6) is 0 Å². The summed E-state index contributed by atoms with van der Waals surface area (Å²) in [5.41, 5.74) is 8.40. The van der Waals surface area contributed by atoms with Crippen LogP contribution < -0.4 is 5.43 Å². The van der Waals surface area contributed by atoms with Crippen LogP contribution in [0.15, 0.2) is 59.2 Å². The van der Waals surface area contributed by atoms with Crippen molar-refractivity contribution in [3.63, 3.8) is 0 Å². The molecule has 1 aliphatic rings. The highest BCUT2D eigenvalue weighted by atomic mass is 16.5. The molecule has 0 saturated carbocycles. The molecule has 1 heterocycles. The third kappa shape index (κ3) is 3.46. The zero-order valence-corrected chi connectivity index (χ0v) is 15.8. The van der Waals surface area contributed by atoms with E-state index in [1.165, 1.54) is 18.5 Å². The van der Waals surface area contributed by atoms with Gasteiger partial charge in [0, 0.05) is 24.1 Å². The number of rotatable bonds is 4. The topological polar surface area (TPSA) is 79.5 Å². The van der Waals surface area contributed by atoms with Crippen LogP contribution in [0.3, 0.4) is 0 Å². The number of hydrogen-bond acceptors (Lipinski definition) is 5. The first-order chi connectivity index (χ1) is 13.0. The molecule has 2 aromatic rings. The lowest BCUT2D eigenvalue weighted by molar-refractivity contribution is -0.135. The Balaban J connectivity index is 2.00. The van der Waals surface area contributed by atoms with E-state index >= 15 is 0 Å². The average Bonchev–Trinajstić information content (AvgIpc) is 3.01.